The van der Waals surface area contributed by atoms with Crippen LogP contribution in [0.5, 0.6) is 0 Å². The molecule has 0 spiro atoms. The SMILES string of the molecule is CCCCC(CC)CCC(C)C(C(=O)O)C(C(=O)O)(C(C)CCC(CC)CCCC)S(=O)(=O)O.N.N. The maximum absolute atomic E-state index is 12.7. The summed E-state index contributed by atoms with van der Waals surface area (Å²) in [7, 11) is -5.22. The lowest BCUT2D eigenvalue weighted by atomic mass is 9.71. The van der Waals surface area contributed by atoms with Crippen molar-refractivity contribution in [3.8, 4) is 0 Å². The first-order chi connectivity index (χ1) is 15.8. The van der Waals surface area contributed by atoms with Gasteiger partial charge < -0.3 is 22.5 Å². The molecule has 0 radical (unpaired) electrons. The molecule has 0 fully saturated rings. The van der Waals surface area contributed by atoms with Crippen LogP contribution >= 0.6 is 0 Å². The van der Waals surface area contributed by atoms with Crippen LogP contribution in [-0.4, -0.2) is 39.9 Å². The van der Waals surface area contributed by atoms with Crippen molar-refractivity contribution in [2.75, 3.05) is 0 Å². The minimum absolute atomic E-state index is 0. The van der Waals surface area contributed by atoms with Crippen LogP contribution in [-0.2, 0) is 19.7 Å². The van der Waals surface area contributed by atoms with E-state index in [-0.39, 0.29) is 18.7 Å². The van der Waals surface area contributed by atoms with Gasteiger partial charge in [-0.25, -0.2) is 0 Å². The van der Waals surface area contributed by atoms with Crippen molar-refractivity contribution in [1.29, 1.82) is 0 Å². The Bertz CT molecular complexity index is 717. The predicted octanol–water partition coefficient (Wildman–Crippen LogP) is 6.99. The van der Waals surface area contributed by atoms with E-state index in [9.17, 15) is 32.8 Å². The standard InChI is InChI=1S/C26H50O7S.2H3N/c1-7-11-13-21(9-3)17-15-19(5)23(24(27)28)26(25(29)30,34(31,32)33)20(6)16-18-22(10-4)14-12-8-2;;/h19-23H,7-18H2,1-6H3,(H,27,28)(H,29,30)(H,31,32,33);2*1H3. The van der Waals surface area contributed by atoms with E-state index in [1.54, 1.807) is 6.92 Å². The molecule has 6 atom stereocenters. The molecule has 0 aromatic rings. The molecule has 218 valence electrons. The van der Waals surface area contributed by atoms with Gasteiger partial charge in [-0.05, 0) is 36.5 Å². The number of carboxylic acid groups (broad SMARTS) is 2. The number of hydrogen-bond acceptors (Lipinski definition) is 6. The number of unbranched alkanes of at least 4 members (excludes halogenated alkanes) is 2. The fourth-order valence-electron chi connectivity index (χ4n) is 5.48. The molecule has 10 heteroatoms. The molecule has 36 heavy (non-hydrogen) atoms. The van der Waals surface area contributed by atoms with Crippen molar-refractivity contribution >= 4 is 22.1 Å². The molecule has 0 aliphatic carbocycles. The highest BCUT2D eigenvalue weighted by Crippen LogP contribution is 2.43. The summed E-state index contributed by atoms with van der Waals surface area (Å²) in [6.45, 7) is 11.4. The molecule has 0 bridgehead atoms. The monoisotopic (exact) mass is 540 g/mol. The van der Waals surface area contributed by atoms with Crippen LogP contribution in [0.3, 0.4) is 0 Å². The molecule has 0 aliphatic heterocycles. The second-order valence-electron chi connectivity index (χ2n) is 10.3. The molecule has 6 unspecified atom stereocenters. The van der Waals surface area contributed by atoms with E-state index in [0.717, 1.165) is 51.4 Å². The van der Waals surface area contributed by atoms with Crippen LogP contribution in [0.25, 0.3) is 0 Å². The first-order valence-electron chi connectivity index (χ1n) is 13.3. The molecule has 0 aliphatic rings. The number of carboxylic acids is 2. The van der Waals surface area contributed by atoms with Gasteiger partial charge in [-0.1, -0.05) is 106 Å². The highest BCUT2D eigenvalue weighted by molar-refractivity contribution is 7.88. The van der Waals surface area contributed by atoms with Crippen molar-refractivity contribution in [3.05, 3.63) is 0 Å². The first-order valence-corrected chi connectivity index (χ1v) is 14.7. The highest BCUT2D eigenvalue weighted by atomic mass is 32.2. The Morgan fingerprint density at radius 3 is 1.47 bits per heavy atom. The Hall–Kier alpha value is -1.23. The van der Waals surface area contributed by atoms with E-state index >= 15 is 0 Å². The van der Waals surface area contributed by atoms with Gasteiger partial charge in [-0.15, -0.1) is 0 Å². The number of aliphatic carboxylic acids is 2. The Labute approximate surface area is 220 Å². The van der Waals surface area contributed by atoms with Crippen molar-refractivity contribution in [2.45, 2.75) is 123 Å². The van der Waals surface area contributed by atoms with E-state index in [1.165, 1.54) is 6.92 Å². The van der Waals surface area contributed by atoms with Crippen molar-refractivity contribution in [3.63, 3.8) is 0 Å². The van der Waals surface area contributed by atoms with Crippen molar-refractivity contribution < 1.29 is 32.8 Å². The van der Waals surface area contributed by atoms with Gasteiger partial charge in [-0.2, -0.15) is 8.42 Å². The maximum atomic E-state index is 12.7. The molecular formula is C26H56N2O7S. The Morgan fingerprint density at radius 2 is 1.17 bits per heavy atom. The summed E-state index contributed by atoms with van der Waals surface area (Å²) in [6.07, 6.45) is 9.87. The summed E-state index contributed by atoms with van der Waals surface area (Å²) in [5.41, 5.74) is 0. The number of carbonyl (C=O) groups is 2. The van der Waals surface area contributed by atoms with Crippen LogP contribution in [0.1, 0.15) is 119 Å². The van der Waals surface area contributed by atoms with E-state index in [1.807, 2.05) is 6.92 Å². The lowest BCUT2D eigenvalue weighted by Crippen LogP contribution is -2.61. The van der Waals surface area contributed by atoms with Crippen molar-refractivity contribution in [1.82, 2.24) is 12.3 Å². The highest BCUT2D eigenvalue weighted by Gasteiger charge is 2.63. The van der Waals surface area contributed by atoms with E-state index in [2.05, 4.69) is 20.8 Å². The lowest BCUT2D eigenvalue weighted by Gasteiger charge is -2.40. The predicted molar refractivity (Wildman–Crippen MR) is 146 cm³/mol. The van der Waals surface area contributed by atoms with Gasteiger partial charge >= 0.3 is 11.9 Å². The largest absolute Gasteiger partial charge is 0.481 e. The zero-order chi connectivity index (χ0) is 26.5. The fraction of sp³-hybridized carbons (Fsp3) is 0.923. The van der Waals surface area contributed by atoms with Gasteiger partial charge in [0.15, 0.2) is 0 Å². The summed E-state index contributed by atoms with van der Waals surface area (Å²) in [6, 6.07) is 0. The minimum atomic E-state index is -5.22. The quantitative estimate of drug-likeness (QED) is 0.101. The summed E-state index contributed by atoms with van der Waals surface area (Å²) >= 11 is 0. The zero-order valence-corrected chi connectivity index (χ0v) is 24.5. The maximum Gasteiger partial charge on any atom is 0.328 e. The summed E-state index contributed by atoms with van der Waals surface area (Å²) in [5, 5.41) is 20.3. The van der Waals surface area contributed by atoms with E-state index < -0.39 is 44.6 Å². The van der Waals surface area contributed by atoms with Gasteiger partial charge in [0.2, 0.25) is 4.75 Å². The topological polar surface area (TPSA) is 199 Å². The first kappa shape index (κ1) is 39.3. The van der Waals surface area contributed by atoms with Crippen LogP contribution in [0.4, 0.5) is 0 Å². The number of rotatable bonds is 20. The molecule has 0 aromatic heterocycles. The molecular weight excluding hydrogens is 484 g/mol. The van der Waals surface area contributed by atoms with Gasteiger partial charge in [-0.3, -0.25) is 14.1 Å². The smallest absolute Gasteiger partial charge is 0.328 e. The van der Waals surface area contributed by atoms with Gasteiger partial charge in [0.25, 0.3) is 10.1 Å². The third-order valence-electron chi connectivity index (χ3n) is 7.92. The third-order valence-corrected chi connectivity index (χ3v) is 9.60. The Morgan fingerprint density at radius 1 is 0.750 bits per heavy atom. The van der Waals surface area contributed by atoms with Gasteiger partial charge in [0, 0.05) is 0 Å². The lowest BCUT2D eigenvalue weighted by molar-refractivity contribution is -0.156. The van der Waals surface area contributed by atoms with Crippen molar-refractivity contribution in [2.24, 2.45) is 29.6 Å². The number of hydrogen-bond donors (Lipinski definition) is 5. The molecule has 0 heterocycles. The molecule has 9 N–H and O–H groups in total. The summed E-state index contributed by atoms with van der Waals surface area (Å²) < 4.78 is 32.9. The second-order valence-corrected chi connectivity index (χ2v) is 11.9. The Kier molecular flexibility index (Phi) is 20.7. The third kappa shape index (κ3) is 10.6. The van der Waals surface area contributed by atoms with E-state index in [4.69, 9.17) is 0 Å². The molecule has 0 saturated heterocycles. The van der Waals surface area contributed by atoms with Gasteiger partial charge in [0.05, 0.1) is 5.92 Å². The minimum Gasteiger partial charge on any atom is -0.481 e. The van der Waals surface area contributed by atoms with Crippen LogP contribution < -0.4 is 12.3 Å². The normalized spacial score (nSPS) is 17.4. The Balaban J connectivity index is -0.00000544. The molecule has 9 nitrogen and oxygen atoms in total. The molecule has 0 amide bonds. The van der Waals surface area contributed by atoms with Crippen LogP contribution in [0.2, 0.25) is 0 Å². The average Bonchev–Trinajstić information content (AvgIpc) is 2.75. The fourth-order valence-corrected chi connectivity index (χ4v) is 6.98. The zero-order valence-electron chi connectivity index (χ0n) is 23.7. The average molecular weight is 541 g/mol. The molecule has 0 aromatic carbocycles. The van der Waals surface area contributed by atoms with E-state index in [0.29, 0.717) is 31.1 Å². The van der Waals surface area contributed by atoms with Crippen LogP contribution in [0, 0.1) is 29.6 Å². The van der Waals surface area contributed by atoms with Crippen LogP contribution in [0.15, 0.2) is 0 Å². The second kappa shape index (κ2) is 18.9. The molecule has 0 saturated carbocycles. The van der Waals surface area contributed by atoms with Gasteiger partial charge in [0.1, 0.15) is 0 Å². The molecule has 0 rings (SSSR count). The summed E-state index contributed by atoms with van der Waals surface area (Å²) in [4.78, 5) is 25.0. The summed E-state index contributed by atoms with van der Waals surface area (Å²) in [5.74, 6) is -6.10.